The highest BCUT2D eigenvalue weighted by Crippen LogP contribution is 2.45. The van der Waals surface area contributed by atoms with Gasteiger partial charge in [0.05, 0.1) is 53.8 Å². The monoisotopic (exact) mass is 1090 g/mol. The van der Waals surface area contributed by atoms with Crippen LogP contribution in [0.2, 0.25) is 0 Å². The van der Waals surface area contributed by atoms with Crippen LogP contribution in [0.4, 0.5) is 0 Å². The summed E-state index contributed by atoms with van der Waals surface area (Å²) in [5.74, 6) is 0.324. The molecule has 276 valence electrons. The molecule has 4 aliphatic rings. The number of amides is 2. The van der Waals surface area contributed by atoms with Crippen molar-refractivity contribution in [3.05, 3.63) is 68.2 Å². The van der Waals surface area contributed by atoms with Gasteiger partial charge in [0.1, 0.15) is 40.9 Å². The first-order valence-electron chi connectivity index (χ1n) is 15.0. The van der Waals surface area contributed by atoms with Gasteiger partial charge < -0.3 is 49.8 Å². The summed E-state index contributed by atoms with van der Waals surface area (Å²) >= 11 is 20.4. The predicted octanol–water partition coefficient (Wildman–Crippen LogP) is 5.09. The summed E-state index contributed by atoms with van der Waals surface area (Å²) in [6.45, 7) is 0.400. The lowest BCUT2D eigenvalue weighted by atomic mass is 9.87. The van der Waals surface area contributed by atoms with Gasteiger partial charge >= 0.3 is 0 Å². The molecule has 5 rings (SSSR count). The molecule has 2 aliphatic carbocycles. The second-order valence-corrected chi connectivity index (χ2v) is 16.7. The van der Waals surface area contributed by atoms with Gasteiger partial charge in [-0.3, -0.25) is 9.59 Å². The minimum atomic E-state index is -1.30. The van der Waals surface area contributed by atoms with E-state index in [1.807, 2.05) is 0 Å². The molecule has 2 spiro atoms. The van der Waals surface area contributed by atoms with Crippen molar-refractivity contribution in [2.45, 2.75) is 48.8 Å². The lowest BCUT2D eigenvalue weighted by molar-refractivity contribution is -0.116. The lowest BCUT2D eigenvalue weighted by Gasteiger charge is -2.33. The minimum absolute atomic E-state index is 0.0140. The van der Waals surface area contributed by atoms with Crippen molar-refractivity contribution in [1.29, 1.82) is 0 Å². The van der Waals surface area contributed by atoms with Gasteiger partial charge in [-0.1, -0.05) is 10.3 Å². The number of halogens is 6. The highest BCUT2D eigenvalue weighted by molar-refractivity contribution is 9.12. The third-order valence-corrected chi connectivity index (χ3v) is 12.1. The number of rotatable bonds is 12. The average Bonchev–Trinajstić information content (AvgIpc) is 3.72. The summed E-state index contributed by atoms with van der Waals surface area (Å²) in [5, 5.41) is 45.8. The number of oxime groups is 2. The van der Waals surface area contributed by atoms with Gasteiger partial charge in [-0.2, -0.15) is 0 Å². The number of nitrogens with zero attached hydrogens (tertiary/aromatic N) is 2. The summed E-state index contributed by atoms with van der Waals surface area (Å²) < 4.78 is 19.4. The molecule has 2 heterocycles. The summed E-state index contributed by atoms with van der Waals surface area (Å²) in [4.78, 5) is 36.8. The first-order valence-corrected chi connectivity index (χ1v) is 19.8. The lowest BCUT2D eigenvalue weighted by Crippen LogP contribution is -2.45. The van der Waals surface area contributed by atoms with Crippen molar-refractivity contribution in [3.8, 4) is 5.75 Å². The zero-order valence-electron chi connectivity index (χ0n) is 26.6. The molecule has 5 atom stereocenters. The predicted molar refractivity (Wildman–Crippen MR) is 207 cm³/mol. The number of aliphatic hydroxyl groups is 3. The van der Waals surface area contributed by atoms with Crippen LogP contribution in [-0.2, 0) is 28.7 Å². The standard InChI is InChI=1S/C31H30Br6N4O10/c1-47-24-16(34)8-30(26(43)21(24)36)10-18(40-50-30)28(45)38-4-3-5-49-23-14(32)6-13(7-15(23)33)20(42)12-39-29(46)19-11-31(51-41-19)9-17(35)25(48-2)22(37)27(31)44/h6-9,20,26-27,42-44H,3-5,10-12H2,1-2H3,(H,38,45)(H,39,46)/t20-,26+,27+,30-,31-/m0/s1. The molecule has 0 bridgehead atoms. The first kappa shape index (κ1) is 40.4. The van der Waals surface area contributed by atoms with Gasteiger partial charge in [-0.25, -0.2) is 0 Å². The number of methoxy groups -OCH3 is 2. The van der Waals surface area contributed by atoms with Crippen LogP contribution in [0.1, 0.15) is 30.9 Å². The molecule has 1 aromatic rings. The van der Waals surface area contributed by atoms with Gasteiger partial charge in [0, 0.05) is 25.9 Å². The topological polar surface area (TPSA) is 190 Å². The zero-order chi connectivity index (χ0) is 37.2. The number of ether oxygens (including phenoxy) is 3. The maximum absolute atomic E-state index is 12.9. The van der Waals surface area contributed by atoms with Crippen LogP contribution in [0.25, 0.3) is 0 Å². The van der Waals surface area contributed by atoms with Gasteiger partial charge in [0.25, 0.3) is 11.8 Å². The fourth-order valence-corrected chi connectivity index (χ4v) is 10.5. The van der Waals surface area contributed by atoms with Crippen molar-refractivity contribution in [1.82, 2.24) is 10.6 Å². The number of benzene rings is 1. The third kappa shape index (κ3) is 8.33. The average molecular weight is 1100 g/mol. The summed E-state index contributed by atoms with van der Waals surface area (Å²) in [7, 11) is 2.94. The van der Waals surface area contributed by atoms with Gasteiger partial charge in [-0.05, 0) is 132 Å². The Morgan fingerprint density at radius 2 is 1.33 bits per heavy atom. The minimum Gasteiger partial charge on any atom is -0.495 e. The quantitative estimate of drug-likeness (QED) is 0.177. The molecule has 5 N–H and O–H groups in total. The smallest absolute Gasteiger partial charge is 0.269 e. The maximum atomic E-state index is 12.9. The van der Waals surface area contributed by atoms with Crippen LogP contribution in [0, 0.1) is 0 Å². The number of aliphatic hydroxyl groups excluding tert-OH is 3. The normalized spacial score (nSPS) is 26.2. The summed E-state index contributed by atoms with van der Waals surface area (Å²) in [6, 6.07) is 3.34. The zero-order valence-corrected chi connectivity index (χ0v) is 36.2. The molecule has 0 aromatic heterocycles. The van der Waals surface area contributed by atoms with Crippen molar-refractivity contribution < 1.29 is 48.8 Å². The first-order chi connectivity index (χ1) is 24.2. The number of allylic oxidation sites excluding steroid dienone is 2. The van der Waals surface area contributed by atoms with Crippen LogP contribution in [0.15, 0.2) is 73.0 Å². The van der Waals surface area contributed by atoms with Crippen LogP contribution < -0.4 is 15.4 Å². The van der Waals surface area contributed by atoms with Crippen molar-refractivity contribution in [3.63, 3.8) is 0 Å². The van der Waals surface area contributed by atoms with Crippen LogP contribution >= 0.6 is 95.6 Å². The number of carbonyl (C=O) groups is 2. The molecular weight excluding hydrogens is 1070 g/mol. The van der Waals surface area contributed by atoms with E-state index in [4.69, 9.17) is 23.9 Å². The van der Waals surface area contributed by atoms with E-state index < -0.39 is 41.3 Å². The highest BCUT2D eigenvalue weighted by Gasteiger charge is 2.52. The summed E-state index contributed by atoms with van der Waals surface area (Å²) in [6.07, 6.45) is 0.350. The SMILES string of the molecule is COC1=C(Br)[C@@H](O)[C@]2(C=C1Br)CC(C(=O)NCCCOc1c(Br)cc([C@@H](O)CNC(=O)C3=NO[C@@]4(C=C(Br)C(OC)=C(Br)[C@H]4O)C3)cc1Br)=NO2. The molecular formula is C31H30Br6N4O10. The molecule has 0 fully saturated rings. The molecule has 51 heavy (non-hydrogen) atoms. The van der Waals surface area contributed by atoms with Crippen LogP contribution in [0.5, 0.6) is 5.75 Å². The van der Waals surface area contributed by atoms with Crippen molar-refractivity contribution in [2.24, 2.45) is 10.3 Å². The maximum Gasteiger partial charge on any atom is 0.269 e. The Morgan fingerprint density at radius 1 is 0.863 bits per heavy atom. The molecule has 1 aromatic carbocycles. The van der Waals surface area contributed by atoms with E-state index >= 15 is 0 Å². The molecule has 0 radical (unpaired) electrons. The molecule has 0 unspecified atom stereocenters. The van der Waals surface area contributed by atoms with E-state index in [2.05, 4.69) is 117 Å². The van der Waals surface area contributed by atoms with Gasteiger partial charge in [0.2, 0.25) is 0 Å². The fraction of sp³-hybridized carbons (Fsp3) is 0.419. The Bertz CT molecular complexity index is 1780. The van der Waals surface area contributed by atoms with Gasteiger partial charge in [-0.15, -0.1) is 0 Å². The molecule has 14 nitrogen and oxygen atoms in total. The van der Waals surface area contributed by atoms with E-state index in [0.717, 1.165) is 0 Å². The number of carbonyl (C=O) groups excluding carboxylic acids is 2. The second kappa shape index (κ2) is 16.7. The molecule has 2 aliphatic heterocycles. The third-order valence-electron chi connectivity index (χ3n) is 8.20. The van der Waals surface area contributed by atoms with Gasteiger partial charge in [0.15, 0.2) is 11.2 Å². The van der Waals surface area contributed by atoms with E-state index in [1.165, 1.54) is 14.2 Å². The fourth-order valence-electron chi connectivity index (χ4n) is 5.51. The number of nitrogens with one attached hydrogen (secondary N) is 2. The Balaban J connectivity index is 1.06. The van der Waals surface area contributed by atoms with E-state index in [-0.39, 0.29) is 44.0 Å². The Morgan fingerprint density at radius 3 is 1.80 bits per heavy atom. The van der Waals surface area contributed by atoms with Crippen molar-refractivity contribution in [2.75, 3.05) is 33.9 Å². The molecule has 2 amide bonds. The van der Waals surface area contributed by atoms with Crippen LogP contribution in [-0.4, -0.2) is 95.9 Å². The second-order valence-electron chi connectivity index (χ2n) is 11.6. The molecule has 0 saturated carbocycles. The number of hydrogen-bond acceptors (Lipinski definition) is 12. The van der Waals surface area contributed by atoms with Crippen LogP contribution in [0.3, 0.4) is 0 Å². The Hall–Kier alpha value is -1.78. The van der Waals surface area contributed by atoms with E-state index in [0.29, 0.717) is 56.1 Å². The highest BCUT2D eigenvalue weighted by atomic mass is 79.9. The van der Waals surface area contributed by atoms with E-state index in [9.17, 15) is 24.9 Å². The van der Waals surface area contributed by atoms with Crippen molar-refractivity contribution >= 4 is 119 Å². The largest absolute Gasteiger partial charge is 0.495 e. The number of hydrogen-bond donors (Lipinski definition) is 5. The molecule has 0 saturated heterocycles. The summed E-state index contributed by atoms with van der Waals surface area (Å²) in [5.41, 5.74) is -1.87. The molecule has 20 heteroatoms. The Kier molecular flexibility index (Phi) is 13.2. The Labute approximate surface area is 342 Å². The van der Waals surface area contributed by atoms with E-state index in [1.54, 1.807) is 24.3 Å².